The molecule has 94 valence electrons. The summed E-state index contributed by atoms with van der Waals surface area (Å²) in [6, 6.07) is 9.23. The highest BCUT2D eigenvalue weighted by Gasteiger charge is 2.06. The predicted molar refractivity (Wildman–Crippen MR) is 71.0 cm³/mol. The van der Waals surface area contributed by atoms with Gasteiger partial charge in [0, 0.05) is 6.07 Å². The second-order valence-corrected chi connectivity index (χ2v) is 4.24. The Morgan fingerprint density at radius 3 is 2.56 bits per heavy atom. The summed E-state index contributed by atoms with van der Waals surface area (Å²) < 4.78 is 18.5. The van der Waals surface area contributed by atoms with E-state index in [-0.39, 0.29) is 12.4 Å². The van der Waals surface area contributed by atoms with Crippen molar-refractivity contribution in [3.8, 4) is 5.75 Å². The average Bonchev–Trinajstić information content (AvgIpc) is 2.32. The second-order valence-electron chi connectivity index (χ2n) is 3.83. The molecule has 5 heteroatoms. The molecule has 0 spiro atoms. The quantitative estimate of drug-likeness (QED) is 0.839. The lowest BCUT2D eigenvalue weighted by Gasteiger charge is -2.10. The number of ether oxygens (including phenoxy) is 1. The van der Waals surface area contributed by atoms with Crippen molar-refractivity contribution in [1.29, 1.82) is 0 Å². The SMILES string of the molecule is Nc1cc(Cl)c(OCc2cccc(F)c2)cc1N. The monoisotopic (exact) mass is 266 g/mol. The van der Waals surface area contributed by atoms with Gasteiger partial charge in [-0.1, -0.05) is 23.7 Å². The molecule has 0 aromatic heterocycles. The van der Waals surface area contributed by atoms with Crippen molar-refractivity contribution in [1.82, 2.24) is 0 Å². The highest BCUT2D eigenvalue weighted by Crippen LogP contribution is 2.31. The minimum Gasteiger partial charge on any atom is -0.487 e. The zero-order valence-corrected chi connectivity index (χ0v) is 10.2. The van der Waals surface area contributed by atoms with Gasteiger partial charge in [-0.05, 0) is 23.8 Å². The molecule has 2 rings (SSSR count). The largest absolute Gasteiger partial charge is 0.487 e. The second kappa shape index (κ2) is 5.14. The number of hydrogen-bond donors (Lipinski definition) is 2. The summed E-state index contributed by atoms with van der Waals surface area (Å²) in [5.41, 5.74) is 12.8. The Labute approximate surface area is 109 Å². The molecule has 0 amide bonds. The van der Waals surface area contributed by atoms with Crippen molar-refractivity contribution in [2.45, 2.75) is 6.61 Å². The fourth-order valence-electron chi connectivity index (χ4n) is 1.48. The van der Waals surface area contributed by atoms with Crippen LogP contribution in [0.4, 0.5) is 15.8 Å². The molecular formula is C13H12ClFN2O. The van der Waals surface area contributed by atoms with E-state index in [0.717, 1.165) is 0 Å². The van der Waals surface area contributed by atoms with Gasteiger partial charge < -0.3 is 16.2 Å². The van der Waals surface area contributed by atoms with Gasteiger partial charge in [0.15, 0.2) is 0 Å². The lowest BCUT2D eigenvalue weighted by Crippen LogP contribution is -1.99. The van der Waals surface area contributed by atoms with E-state index in [1.165, 1.54) is 18.2 Å². The molecule has 0 aliphatic carbocycles. The number of anilines is 2. The van der Waals surface area contributed by atoms with E-state index in [2.05, 4.69) is 0 Å². The van der Waals surface area contributed by atoms with Crippen LogP contribution in [0.2, 0.25) is 5.02 Å². The number of halogens is 2. The maximum atomic E-state index is 13.0. The molecule has 18 heavy (non-hydrogen) atoms. The number of hydrogen-bond acceptors (Lipinski definition) is 3. The van der Waals surface area contributed by atoms with Gasteiger partial charge in [0.2, 0.25) is 0 Å². The predicted octanol–water partition coefficient (Wildman–Crippen LogP) is 3.22. The van der Waals surface area contributed by atoms with E-state index in [1.54, 1.807) is 18.2 Å². The molecule has 3 nitrogen and oxygen atoms in total. The standard InChI is InChI=1S/C13H12ClFN2O/c14-10-5-11(16)12(17)6-13(10)18-7-8-2-1-3-9(15)4-8/h1-6H,7,16-17H2. The summed E-state index contributed by atoms with van der Waals surface area (Å²) in [7, 11) is 0. The zero-order valence-electron chi connectivity index (χ0n) is 9.49. The first-order chi connectivity index (χ1) is 8.56. The van der Waals surface area contributed by atoms with Gasteiger partial charge in [0.25, 0.3) is 0 Å². The molecule has 0 atom stereocenters. The third kappa shape index (κ3) is 2.84. The molecule has 0 radical (unpaired) electrons. The third-order valence-electron chi connectivity index (χ3n) is 2.42. The first-order valence-electron chi connectivity index (χ1n) is 5.28. The van der Waals surface area contributed by atoms with Crippen LogP contribution in [0.1, 0.15) is 5.56 Å². The van der Waals surface area contributed by atoms with Gasteiger partial charge in [0.1, 0.15) is 18.2 Å². The summed E-state index contributed by atoms with van der Waals surface area (Å²) in [5, 5.41) is 0.373. The minimum absolute atomic E-state index is 0.209. The van der Waals surface area contributed by atoms with Crippen LogP contribution >= 0.6 is 11.6 Å². The maximum Gasteiger partial charge on any atom is 0.140 e. The van der Waals surface area contributed by atoms with Crippen LogP contribution in [0.15, 0.2) is 36.4 Å². The summed E-state index contributed by atoms with van der Waals surface area (Å²) in [5.74, 6) is 0.117. The van der Waals surface area contributed by atoms with E-state index >= 15 is 0 Å². The van der Waals surface area contributed by atoms with Gasteiger partial charge in [-0.3, -0.25) is 0 Å². The summed E-state index contributed by atoms with van der Waals surface area (Å²) in [6.07, 6.45) is 0. The van der Waals surface area contributed by atoms with Crippen molar-refractivity contribution in [3.63, 3.8) is 0 Å². The van der Waals surface area contributed by atoms with Crippen molar-refractivity contribution in [2.24, 2.45) is 0 Å². The zero-order chi connectivity index (χ0) is 13.1. The minimum atomic E-state index is -0.306. The van der Waals surface area contributed by atoms with Crippen molar-refractivity contribution in [2.75, 3.05) is 11.5 Å². The smallest absolute Gasteiger partial charge is 0.140 e. The maximum absolute atomic E-state index is 13.0. The summed E-state index contributed by atoms with van der Waals surface area (Å²) in [6.45, 7) is 0.209. The van der Waals surface area contributed by atoms with Crippen LogP contribution in [0, 0.1) is 5.82 Å². The van der Waals surface area contributed by atoms with E-state index in [0.29, 0.717) is 27.7 Å². The Kier molecular flexibility index (Phi) is 3.58. The Bertz CT molecular complexity index is 575. The van der Waals surface area contributed by atoms with Crippen LogP contribution < -0.4 is 16.2 Å². The van der Waals surface area contributed by atoms with Crippen molar-refractivity contribution < 1.29 is 9.13 Å². The molecule has 0 aliphatic heterocycles. The molecule has 0 unspecified atom stereocenters. The average molecular weight is 267 g/mol. The number of nitrogens with two attached hydrogens (primary N) is 2. The summed E-state index contributed by atoms with van der Waals surface area (Å²) >= 11 is 5.96. The summed E-state index contributed by atoms with van der Waals surface area (Å²) in [4.78, 5) is 0. The highest BCUT2D eigenvalue weighted by atomic mass is 35.5. The Hall–Kier alpha value is -1.94. The van der Waals surface area contributed by atoms with E-state index in [9.17, 15) is 4.39 Å². The first kappa shape index (κ1) is 12.5. The Morgan fingerprint density at radius 1 is 1.11 bits per heavy atom. The number of nitrogen functional groups attached to an aromatic ring is 2. The molecule has 0 heterocycles. The van der Waals surface area contributed by atoms with E-state index in [4.69, 9.17) is 27.8 Å². The Morgan fingerprint density at radius 2 is 1.83 bits per heavy atom. The van der Waals surface area contributed by atoms with Crippen LogP contribution in [0.5, 0.6) is 5.75 Å². The van der Waals surface area contributed by atoms with Gasteiger partial charge in [-0.25, -0.2) is 4.39 Å². The topological polar surface area (TPSA) is 61.3 Å². The van der Waals surface area contributed by atoms with Crippen LogP contribution in [0.3, 0.4) is 0 Å². The number of rotatable bonds is 3. The molecule has 0 aliphatic rings. The lowest BCUT2D eigenvalue weighted by atomic mass is 10.2. The lowest BCUT2D eigenvalue weighted by molar-refractivity contribution is 0.306. The van der Waals surface area contributed by atoms with Crippen LogP contribution in [-0.4, -0.2) is 0 Å². The van der Waals surface area contributed by atoms with Crippen LogP contribution in [-0.2, 0) is 6.61 Å². The van der Waals surface area contributed by atoms with Crippen molar-refractivity contribution >= 4 is 23.0 Å². The van der Waals surface area contributed by atoms with Gasteiger partial charge >= 0.3 is 0 Å². The molecule has 0 saturated carbocycles. The van der Waals surface area contributed by atoms with Gasteiger partial charge in [0.05, 0.1) is 16.4 Å². The van der Waals surface area contributed by atoms with E-state index < -0.39 is 0 Å². The molecule has 2 aromatic carbocycles. The Balaban J connectivity index is 2.13. The molecule has 0 bridgehead atoms. The molecule has 2 aromatic rings. The fraction of sp³-hybridized carbons (Fsp3) is 0.0769. The molecule has 4 N–H and O–H groups in total. The van der Waals surface area contributed by atoms with Gasteiger partial charge in [-0.15, -0.1) is 0 Å². The molecular weight excluding hydrogens is 255 g/mol. The highest BCUT2D eigenvalue weighted by molar-refractivity contribution is 6.32. The fourth-order valence-corrected chi connectivity index (χ4v) is 1.71. The van der Waals surface area contributed by atoms with Crippen molar-refractivity contribution in [3.05, 3.63) is 52.8 Å². The molecule has 0 saturated heterocycles. The third-order valence-corrected chi connectivity index (χ3v) is 2.72. The molecule has 0 fully saturated rings. The number of benzene rings is 2. The first-order valence-corrected chi connectivity index (χ1v) is 5.66. The van der Waals surface area contributed by atoms with E-state index in [1.807, 2.05) is 0 Å². The van der Waals surface area contributed by atoms with Crippen LogP contribution in [0.25, 0.3) is 0 Å². The normalized spacial score (nSPS) is 10.3. The van der Waals surface area contributed by atoms with Gasteiger partial charge in [-0.2, -0.15) is 0 Å².